The van der Waals surface area contributed by atoms with Crippen molar-refractivity contribution in [2.45, 2.75) is 51.6 Å². The average Bonchev–Trinajstić information content (AvgIpc) is 1.80. The molecule has 76 valence electrons. The number of carbonyl (C=O) groups excluding carboxylic acids is 1. The van der Waals surface area contributed by atoms with E-state index in [0.717, 1.165) is 18.4 Å². The first kappa shape index (κ1) is 12.4. The van der Waals surface area contributed by atoms with Gasteiger partial charge in [-0.15, -0.1) is 0 Å². The highest BCUT2D eigenvalue weighted by Gasteiger charge is 2.34. The summed E-state index contributed by atoms with van der Waals surface area (Å²) in [4.78, 5) is 10.5. The Hall–Kier alpha value is -0.630. The quantitative estimate of drug-likeness (QED) is 0.569. The number of nitrogens with one attached hydrogen (secondary N) is 1. The smallest absolute Gasteiger partial charge is 0.123 e. The molecule has 1 rings (SSSR count). The summed E-state index contributed by atoms with van der Waals surface area (Å²) in [5, 5.41) is 3.50. The van der Waals surface area contributed by atoms with E-state index in [9.17, 15) is 4.79 Å². The van der Waals surface area contributed by atoms with Gasteiger partial charge in [0.2, 0.25) is 0 Å². The molecule has 0 radical (unpaired) electrons. The lowest BCUT2D eigenvalue weighted by Gasteiger charge is -2.42. The van der Waals surface area contributed by atoms with Gasteiger partial charge in [-0.25, -0.2) is 4.79 Å². The van der Waals surface area contributed by atoms with Crippen molar-refractivity contribution < 1.29 is 10.3 Å². The Kier molecular flexibility index (Phi) is 3.45. The van der Waals surface area contributed by atoms with E-state index < -0.39 is 0 Å². The SMILES string of the molecule is CC1(C)CC(=C=O)CC(C)(C)N1.O. The molecule has 0 atom stereocenters. The maximum Gasteiger partial charge on any atom is 0.123 e. The van der Waals surface area contributed by atoms with Gasteiger partial charge in [0.05, 0.1) is 0 Å². The lowest BCUT2D eigenvalue weighted by atomic mass is 9.80. The zero-order chi connectivity index (χ0) is 9.41. The molecule has 0 bridgehead atoms. The Balaban J connectivity index is 0.00000144. The second-order valence-corrected chi connectivity index (χ2v) is 4.95. The Morgan fingerprint density at radius 2 is 1.54 bits per heavy atom. The Labute approximate surface area is 79.5 Å². The summed E-state index contributed by atoms with van der Waals surface area (Å²) in [5.74, 6) is 2.04. The van der Waals surface area contributed by atoms with Crippen molar-refractivity contribution in [2.24, 2.45) is 0 Å². The van der Waals surface area contributed by atoms with Crippen molar-refractivity contribution >= 4 is 5.94 Å². The van der Waals surface area contributed by atoms with Crippen LogP contribution in [0.25, 0.3) is 0 Å². The monoisotopic (exact) mass is 185 g/mol. The van der Waals surface area contributed by atoms with Crippen molar-refractivity contribution in [2.75, 3.05) is 0 Å². The Bertz CT molecular complexity index is 219. The molecule has 0 unspecified atom stereocenters. The summed E-state index contributed by atoms with van der Waals surface area (Å²) in [6.45, 7) is 8.47. The van der Waals surface area contributed by atoms with Crippen LogP contribution in [0.2, 0.25) is 0 Å². The van der Waals surface area contributed by atoms with E-state index in [4.69, 9.17) is 0 Å². The predicted octanol–water partition coefficient (Wildman–Crippen LogP) is 0.860. The van der Waals surface area contributed by atoms with E-state index in [1.54, 1.807) is 0 Å². The summed E-state index contributed by atoms with van der Waals surface area (Å²) < 4.78 is 0. The zero-order valence-corrected chi connectivity index (χ0v) is 8.82. The van der Waals surface area contributed by atoms with Crippen LogP contribution in [-0.2, 0) is 4.79 Å². The van der Waals surface area contributed by atoms with Crippen LogP contribution in [0.5, 0.6) is 0 Å². The second kappa shape index (κ2) is 3.62. The molecular formula is C10H19NO2. The molecule has 0 aromatic heterocycles. The minimum absolute atomic E-state index is 0. The molecule has 1 fully saturated rings. The van der Waals surface area contributed by atoms with Gasteiger partial charge in [-0.2, -0.15) is 0 Å². The molecule has 1 aliphatic heterocycles. The van der Waals surface area contributed by atoms with E-state index in [1.807, 2.05) is 5.94 Å². The van der Waals surface area contributed by atoms with Gasteiger partial charge in [-0.1, -0.05) is 0 Å². The van der Waals surface area contributed by atoms with Crippen LogP contribution in [0.4, 0.5) is 0 Å². The van der Waals surface area contributed by atoms with Gasteiger partial charge >= 0.3 is 0 Å². The third-order valence-electron chi connectivity index (χ3n) is 2.13. The first-order chi connectivity index (χ1) is 5.35. The highest BCUT2D eigenvalue weighted by molar-refractivity contribution is 5.54. The van der Waals surface area contributed by atoms with Crippen molar-refractivity contribution in [1.29, 1.82) is 0 Å². The molecule has 0 aliphatic carbocycles. The van der Waals surface area contributed by atoms with Gasteiger partial charge in [0, 0.05) is 16.7 Å². The van der Waals surface area contributed by atoms with Gasteiger partial charge in [-0.3, -0.25) is 0 Å². The van der Waals surface area contributed by atoms with Crippen molar-refractivity contribution in [1.82, 2.24) is 5.32 Å². The largest absolute Gasteiger partial charge is 0.412 e. The molecule has 1 saturated heterocycles. The fourth-order valence-electron chi connectivity index (χ4n) is 2.21. The van der Waals surface area contributed by atoms with E-state index in [2.05, 4.69) is 33.0 Å². The van der Waals surface area contributed by atoms with Gasteiger partial charge in [-0.05, 0) is 40.5 Å². The van der Waals surface area contributed by atoms with Crippen LogP contribution in [0.1, 0.15) is 40.5 Å². The summed E-state index contributed by atoms with van der Waals surface area (Å²) >= 11 is 0. The van der Waals surface area contributed by atoms with E-state index in [0.29, 0.717) is 0 Å². The summed E-state index contributed by atoms with van der Waals surface area (Å²) in [6, 6.07) is 0. The maximum absolute atomic E-state index is 10.5. The van der Waals surface area contributed by atoms with Crippen LogP contribution in [0.15, 0.2) is 5.57 Å². The highest BCUT2D eigenvalue weighted by Crippen LogP contribution is 2.30. The Morgan fingerprint density at radius 1 is 1.15 bits per heavy atom. The minimum Gasteiger partial charge on any atom is -0.412 e. The topological polar surface area (TPSA) is 60.6 Å². The Morgan fingerprint density at radius 3 is 1.85 bits per heavy atom. The summed E-state index contributed by atoms with van der Waals surface area (Å²) in [7, 11) is 0. The van der Waals surface area contributed by atoms with E-state index in [-0.39, 0.29) is 16.6 Å². The van der Waals surface area contributed by atoms with Crippen molar-refractivity contribution in [3.63, 3.8) is 0 Å². The highest BCUT2D eigenvalue weighted by atomic mass is 16.1. The fraction of sp³-hybridized carbons (Fsp3) is 0.800. The lowest BCUT2D eigenvalue weighted by Crippen LogP contribution is -2.56. The van der Waals surface area contributed by atoms with Gasteiger partial charge < -0.3 is 10.8 Å². The minimum atomic E-state index is 0. The molecule has 0 amide bonds. The number of rotatable bonds is 0. The molecule has 3 N–H and O–H groups in total. The first-order valence-corrected chi connectivity index (χ1v) is 4.37. The van der Waals surface area contributed by atoms with Crippen LogP contribution in [-0.4, -0.2) is 22.5 Å². The summed E-state index contributed by atoms with van der Waals surface area (Å²) in [6.07, 6.45) is 1.64. The van der Waals surface area contributed by atoms with Crippen molar-refractivity contribution in [3.05, 3.63) is 5.57 Å². The molecule has 3 heteroatoms. The molecule has 1 aliphatic rings. The average molecular weight is 185 g/mol. The van der Waals surface area contributed by atoms with Gasteiger partial charge in [0.25, 0.3) is 0 Å². The normalized spacial score (nSPS) is 24.5. The molecule has 3 nitrogen and oxygen atoms in total. The second-order valence-electron chi connectivity index (χ2n) is 4.95. The van der Waals surface area contributed by atoms with Crippen LogP contribution >= 0.6 is 0 Å². The van der Waals surface area contributed by atoms with Crippen LogP contribution in [0, 0.1) is 0 Å². The molecule has 0 saturated carbocycles. The van der Waals surface area contributed by atoms with Crippen molar-refractivity contribution in [3.8, 4) is 0 Å². The van der Waals surface area contributed by atoms with Gasteiger partial charge in [0.15, 0.2) is 0 Å². The van der Waals surface area contributed by atoms with Crippen LogP contribution in [0.3, 0.4) is 0 Å². The third kappa shape index (κ3) is 3.31. The lowest BCUT2D eigenvalue weighted by molar-refractivity contribution is 0.224. The van der Waals surface area contributed by atoms with Crippen LogP contribution < -0.4 is 5.32 Å². The fourth-order valence-corrected chi connectivity index (χ4v) is 2.21. The standard InChI is InChI=1S/C10H17NO.H2O/c1-9(2)5-8(7-12)6-10(3,4)11-9;/h11H,5-6H2,1-4H3;1H2. The first-order valence-electron chi connectivity index (χ1n) is 4.37. The maximum atomic E-state index is 10.5. The molecule has 0 aromatic carbocycles. The number of piperidine rings is 1. The summed E-state index contributed by atoms with van der Waals surface area (Å²) in [5.41, 5.74) is 0.979. The molecule has 13 heavy (non-hydrogen) atoms. The van der Waals surface area contributed by atoms with Gasteiger partial charge in [0.1, 0.15) is 5.94 Å². The molecule has 1 heterocycles. The molecule has 0 aromatic rings. The third-order valence-corrected chi connectivity index (χ3v) is 2.13. The molecular weight excluding hydrogens is 166 g/mol. The number of hydrogen-bond donors (Lipinski definition) is 1. The predicted molar refractivity (Wildman–Crippen MR) is 53.3 cm³/mol. The molecule has 0 spiro atoms. The van der Waals surface area contributed by atoms with E-state index in [1.165, 1.54) is 0 Å². The zero-order valence-electron chi connectivity index (χ0n) is 8.82. The number of hydrogen-bond acceptors (Lipinski definition) is 2. The van der Waals surface area contributed by atoms with E-state index >= 15 is 0 Å².